The van der Waals surface area contributed by atoms with E-state index in [4.69, 9.17) is 16.3 Å². The van der Waals surface area contributed by atoms with Gasteiger partial charge in [0.25, 0.3) is 6.01 Å². The lowest BCUT2D eigenvalue weighted by Gasteiger charge is -2.39. The van der Waals surface area contributed by atoms with Crippen molar-refractivity contribution in [2.24, 2.45) is 11.8 Å². The second kappa shape index (κ2) is 9.76. The monoisotopic (exact) mass is 498 g/mol. The zero-order valence-electron chi connectivity index (χ0n) is 19.9. The van der Waals surface area contributed by atoms with Crippen molar-refractivity contribution in [1.29, 1.82) is 0 Å². The number of ether oxygens (including phenoxy) is 1. The van der Waals surface area contributed by atoms with E-state index < -0.39 is 12.2 Å². The van der Waals surface area contributed by atoms with Crippen molar-refractivity contribution in [3.8, 4) is 17.3 Å². The van der Waals surface area contributed by atoms with Gasteiger partial charge in [0.05, 0.1) is 22.2 Å². The number of H-pyrrole nitrogens is 1. The van der Waals surface area contributed by atoms with Crippen LogP contribution in [-0.4, -0.2) is 62.5 Å². The highest BCUT2D eigenvalue weighted by Crippen LogP contribution is 2.38. The third kappa shape index (κ3) is 5.01. The lowest BCUT2D eigenvalue weighted by atomic mass is 9.78. The Balaban J connectivity index is 1.26. The number of halogens is 1. The molecule has 9 heteroatoms. The number of nitrogens with one attached hydrogen (secondary N) is 1. The minimum atomic E-state index is -0.679. The molecule has 5 rings (SSSR count). The lowest BCUT2D eigenvalue weighted by molar-refractivity contribution is -0.142. The molecular formula is C26H31ClN4O4. The number of carbonyl (C=O) groups is 1. The summed E-state index contributed by atoms with van der Waals surface area (Å²) < 4.78 is 5.97. The Morgan fingerprint density at radius 2 is 1.83 bits per heavy atom. The van der Waals surface area contributed by atoms with Gasteiger partial charge in [0.2, 0.25) is 0 Å². The van der Waals surface area contributed by atoms with E-state index in [1.807, 2.05) is 37.2 Å². The minimum Gasteiger partial charge on any atom is -0.481 e. The molecule has 0 saturated heterocycles. The Morgan fingerprint density at radius 1 is 1.14 bits per heavy atom. The van der Waals surface area contributed by atoms with E-state index in [9.17, 15) is 15.0 Å². The van der Waals surface area contributed by atoms with Crippen molar-refractivity contribution in [3.05, 3.63) is 40.9 Å². The molecule has 3 N–H and O–H groups in total. The summed E-state index contributed by atoms with van der Waals surface area (Å²) in [6, 6.07) is 10.5. The van der Waals surface area contributed by atoms with Gasteiger partial charge in [-0.15, -0.1) is 0 Å². The number of fused-ring (bicyclic) bond motifs is 1. The summed E-state index contributed by atoms with van der Waals surface area (Å²) in [6.07, 6.45) is 4.36. The van der Waals surface area contributed by atoms with Crippen LogP contribution in [0.4, 0.5) is 0 Å². The second-order valence-corrected chi connectivity index (χ2v) is 10.5. The van der Waals surface area contributed by atoms with E-state index in [1.165, 1.54) is 5.56 Å². The van der Waals surface area contributed by atoms with Crippen molar-refractivity contribution >= 4 is 28.7 Å². The molecule has 3 aromatic rings. The van der Waals surface area contributed by atoms with E-state index in [-0.39, 0.29) is 17.9 Å². The Labute approximate surface area is 209 Å². The number of nitrogens with zero attached hydrogens (tertiary/aromatic N) is 3. The van der Waals surface area contributed by atoms with Crippen LogP contribution in [-0.2, 0) is 4.79 Å². The highest BCUT2D eigenvalue weighted by atomic mass is 35.5. The molecule has 0 radical (unpaired) electrons. The van der Waals surface area contributed by atoms with Crippen LogP contribution in [0.1, 0.15) is 50.0 Å². The molecule has 1 unspecified atom stereocenters. The lowest BCUT2D eigenvalue weighted by Crippen LogP contribution is -2.46. The van der Waals surface area contributed by atoms with Crippen molar-refractivity contribution in [1.82, 2.24) is 19.9 Å². The smallest absolute Gasteiger partial charge is 0.306 e. The molecule has 2 heterocycles. The molecule has 186 valence electrons. The first-order valence-electron chi connectivity index (χ1n) is 12.2. The average molecular weight is 499 g/mol. The van der Waals surface area contributed by atoms with Gasteiger partial charge in [-0.25, -0.2) is 4.98 Å². The zero-order chi connectivity index (χ0) is 24.7. The summed E-state index contributed by atoms with van der Waals surface area (Å²) in [5.41, 5.74) is 4.05. The fraction of sp³-hybridized carbons (Fsp3) is 0.500. The highest BCUT2D eigenvalue weighted by Gasteiger charge is 2.37. The Morgan fingerprint density at radius 3 is 2.46 bits per heavy atom. The SMILES string of the molecule is CN(C)C(O)C1CC(Oc2nc3nc(-c4ccc(C5CCC(C(=O)O)CC5)cc4)c(Cl)cc3[nH]2)C1. The first-order chi connectivity index (χ1) is 16.8. The van der Waals surface area contributed by atoms with Crippen LogP contribution in [0, 0.1) is 11.8 Å². The third-order valence-corrected chi connectivity index (χ3v) is 7.79. The van der Waals surface area contributed by atoms with E-state index >= 15 is 0 Å². The van der Waals surface area contributed by atoms with Gasteiger partial charge >= 0.3 is 5.97 Å². The van der Waals surface area contributed by atoms with Crippen molar-refractivity contribution in [2.75, 3.05) is 14.1 Å². The van der Waals surface area contributed by atoms with Crippen LogP contribution in [0.25, 0.3) is 22.4 Å². The number of aromatic amines is 1. The van der Waals surface area contributed by atoms with E-state index in [0.29, 0.717) is 33.8 Å². The third-order valence-electron chi connectivity index (χ3n) is 7.50. The van der Waals surface area contributed by atoms with Gasteiger partial charge in [0.15, 0.2) is 5.65 Å². The normalized spacial score (nSPS) is 25.4. The molecule has 8 nitrogen and oxygen atoms in total. The highest BCUT2D eigenvalue weighted by molar-refractivity contribution is 6.33. The summed E-state index contributed by atoms with van der Waals surface area (Å²) in [5, 5.41) is 19.9. The fourth-order valence-corrected chi connectivity index (χ4v) is 5.53. The molecular weight excluding hydrogens is 468 g/mol. The van der Waals surface area contributed by atoms with Crippen LogP contribution >= 0.6 is 11.6 Å². The Kier molecular flexibility index (Phi) is 6.70. The molecule has 1 aromatic carbocycles. The van der Waals surface area contributed by atoms with Crippen LogP contribution < -0.4 is 4.74 Å². The Bertz CT molecular complexity index is 1200. The van der Waals surface area contributed by atoms with Crippen molar-refractivity contribution in [2.45, 2.75) is 56.8 Å². The fourth-order valence-electron chi connectivity index (χ4n) is 5.27. The number of aliphatic hydroxyl groups excluding tert-OH is 1. The molecule has 0 aliphatic heterocycles. The number of carboxylic acid groups (broad SMARTS) is 1. The summed E-state index contributed by atoms with van der Waals surface area (Å²) in [7, 11) is 3.73. The van der Waals surface area contributed by atoms with Gasteiger partial charge in [-0.3, -0.25) is 9.69 Å². The van der Waals surface area contributed by atoms with Gasteiger partial charge in [0.1, 0.15) is 12.3 Å². The maximum absolute atomic E-state index is 11.2. The van der Waals surface area contributed by atoms with E-state index in [1.54, 1.807) is 0 Å². The van der Waals surface area contributed by atoms with Crippen molar-refractivity contribution in [3.63, 3.8) is 0 Å². The largest absolute Gasteiger partial charge is 0.481 e. The molecule has 2 aliphatic carbocycles. The number of benzene rings is 1. The molecule has 0 spiro atoms. The van der Waals surface area contributed by atoms with Gasteiger partial charge < -0.3 is 19.9 Å². The molecule has 1 atom stereocenters. The number of rotatable bonds is 7. The minimum absolute atomic E-state index is 0.0169. The number of carboxylic acids is 1. The first-order valence-corrected chi connectivity index (χ1v) is 12.6. The number of hydrogen-bond acceptors (Lipinski definition) is 6. The summed E-state index contributed by atoms with van der Waals surface area (Å²) >= 11 is 6.57. The average Bonchev–Trinajstić information content (AvgIpc) is 3.21. The predicted molar refractivity (Wildman–Crippen MR) is 134 cm³/mol. The first kappa shape index (κ1) is 24.0. The van der Waals surface area contributed by atoms with Crippen molar-refractivity contribution < 1.29 is 19.7 Å². The number of aliphatic hydroxyl groups is 1. The summed E-state index contributed by atoms with van der Waals surface area (Å²) in [4.78, 5) is 25.4. The summed E-state index contributed by atoms with van der Waals surface area (Å²) in [5.74, 6) is -0.296. The molecule has 0 bridgehead atoms. The molecule has 2 fully saturated rings. The maximum Gasteiger partial charge on any atom is 0.306 e. The Hall–Kier alpha value is -2.68. The maximum atomic E-state index is 11.2. The number of aliphatic carboxylic acids is 1. The van der Waals surface area contributed by atoms with Gasteiger partial charge in [-0.2, -0.15) is 4.98 Å². The predicted octanol–water partition coefficient (Wildman–Crippen LogP) is 4.67. The van der Waals surface area contributed by atoms with E-state index in [2.05, 4.69) is 27.1 Å². The van der Waals surface area contributed by atoms with Gasteiger partial charge in [0, 0.05) is 11.5 Å². The number of imidazole rings is 1. The van der Waals surface area contributed by atoms with Gasteiger partial charge in [-0.1, -0.05) is 35.9 Å². The number of pyridine rings is 1. The quantitative estimate of drug-likeness (QED) is 0.406. The van der Waals surface area contributed by atoms with E-state index in [0.717, 1.165) is 44.1 Å². The second-order valence-electron chi connectivity index (χ2n) is 10.1. The summed E-state index contributed by atoms with van der Waals surface area (Å²) in [6.45, 7) is 0. The van der Waals surface area contributed by atoms with Crippen LogP contribution in [0.5, 0.6) is 6.01 Å². The molecule has 35 heavy (non-hydrogen) atoms. The molecule has 2 saturated carbocycles. The number of hydrogen-bond donors (Lipinski definition) is 3. The zero-order valence-corrected chi connectivity index (χ0v) is 20.7. The molecule has 0 amide bonds. The topological polar surface area (TPSA) is 112 Å². The number of aromatic nitrogens is 3. The molecule has 2 aromatic heterocycles. The van der Waals surface area contributed by atoms with Gasteiger partial charge in [-0.05, 0) is 70.2 Å². The standard InChI is InChI=1S/C26H31ClN4O4/c1-31(2)24(32)18-11-19(12-18)35-26-28-21-13-20(27)22(29-23(21)30-26)16-7-3-14(4-8-16)15-5-9-17(10-6-15)25(33)34/h3-4,7-8,13,15,17-19,24,32H,5-6,9-12H2,1-2H3,(H,33,34)(H,28,29,30). The van der Waals surface area contributed by atoms with Crippen LogP contribution in [0.2, 0.25) is 5.02 Å². The molecule has 2 aliphatic rings. The van der Waals surface area contributed by atoms with Crippen LogP contribution in [0.3, 0.4) is 0 Å². The van der Waals surface area contributed by atoms with Crippen LogP contribution in [0.15, 0.2) is 30.3 Å².